The van der Waals surface area contributed by atoms with Crippen LogP contribution in [0.3, 0.4) is 0 Å². The van der Waals surface area contributed by atoms with Crippen LogP contribution in [0.4, 0.5) is 0 Å². The molecule has 0 fully saturated rings. The van der Waals surface area contributed by atoms with E-state index in [1.165, 1.54) is 11.1 Å². The number of carbonyl (C=O) groups is 1. The molecular formula is C25H36O3. The van der Waals surface area contributed by atoms with Gasteiger partial charge in [0.25, 0.3) is 0 Å². The highest BCUT2D eigenvalue weighted by Crippen LogP contribution is 2.03. The Morgan fingerprint density at radius 2 is 1.25 bits per heavy atom. The Balaban J connectivity index is 0.000000280. The second kappa shape index (κ2) is 14.9. The van der Waals surface area contributed by atoms with Gasteiger partial charge in [-0.15, -0.1) is 0 Å². The van der Waals surface area contributed by atoms with Crippen LogP contribution in [0.15, 0.2) is 60.7 Å². The highest BCUT2D eigenvalue weighted by atomic mass is 16.5. The molecule has 3 heteroatoms. The third-order valence-electron chi connectivity index (χ3n) is 4.17. The van der Waals surface area contributed by atoms with E-state index in [0.717, 1.165) is 38.4 Å². The molecule has 3 nitrogen and oxygen atoms in total. The molecule has 0 heterocycles. The minimum atomic E-state index is -0.124. The fourth-order valence-electron chi connectivity index (χ4n) is 2.34. The van der Waals surface area contributed by atoms with E-state index < -0.39 is 0 Å². The first-order chi connectivity index (χ1) is 13.5. The molecule has 0 aliphatic carbocycles. The highest BCUT2D eigenvalue weighted by molar-refractivity contribution is 5.71. The average Bonchev–Trinajstić information content (AvgIpc) is 2.69. The number of carbonyl (C=O) groups excluding carboxylic acids is 1. The van der Waals surface area contributed by atoms with Crippen LogP contribution in [0.1, 0.15) is 45.2 Å². The van der Waals surface area contributed by atoms with Gasteiger partial charge in [-0.2, -0.15) is 0 Å². The maximum absolute atomic E-state index is 11.1. The van der Waals surface area contributed by atoms with Crippen molar-refractivity contribution >= 4 is 5.97 Å². The van der Waals surface area contributed by atoms with Crippen molar-refractivity contribution in [2.75, 3.05) is 19.8 Å². The first-order valence-corrected chi connectivity index (χ1v) is 10.3. The summed E-state index contributed by atoms with van der Waals surface area (Å²) in [4.78, 5) is 11.1. The van der Waals surface area contributed by atoms with Crippen LogP contribution in [0, 0.1) is 11.8 Å². The lowest BCUT2D eigenvalue weighted by molar-refractivity contribution is -0.147. The van der Waals surface area contributed by atoms with Gasteiger partial charge in [0.15, 0.2) is 0 Å². The molecule has 0 aliphatic rings. The molecule has 0 unspecified atom stereocenters. The summed E-state index contributed by atoms with van der Waals surface area (Å²) >= 11 is 0. The molecule has 2 aromatic carbocycles. The van der Waals surface area contributed by atoms with E-state index in [2.05, 4.69) is 38.1 Å². The fourth-order valence-corrected chi connectivity index (χ4v) is 2.34. The van der Waals surface area contributed by atoms with Gasteiger partial charge in [-0.25, -0.2) is 0 Å². The van der Waals surface area contributed by atoms with Crippen molar-refractivity contribution in [1.29, 1.82) is 0 Å². The third-order valence-corrected chi connectivity index (χ3v) is 4.17. The Hall–Kier alpha value is -2.13. The van der Waals surface area contributed by atoms with Crippen molar-refractivity contribution in [1.82, 2.24) is 0 Å². The van der Waals surface area contributed by atoms with E-state index >= 15 is 0 Å². The Labute approximate surface area is 171 Å². The lowest BCUT2D eigenvalue weighted by atomic mass is 10.1. The molecule has 0 N–H and O–H groups in total. The van der Waals surface area contributed by atoms with Gasteiger partial charge in [0.05, 0.1) is 19.1 Å². The van der Waals surface area contributed by atoms with Gasteiger partial charge in [0.2, 0.25) is 0 Å². The molecule has 2 aromatic rings. The van der Waals surface area contributed by atoms with E-state index in [1.54, 1.807) is 0 Å². The largest absolute Gasteiger partial charge is 0.465 e. The zero-order chi connectivity index (χ0) is 20.6. The van der Waals surface area contributed by atoms with Crippen molar-refractivity contribution in [3.05, 3.63) is 71.8 Å². The molecule has 0 bridgehead atoms. The lowest BCUT2D eigenvalue weighted by Crippen LogP contribution is -2.13. The number of rotatable bonds is 10. The van der Waals surface area contributed by atoms with Gasteiger partial charge in [-0.05, 0) is 29.9 Å². The maximum Gasteiger partial charge on any atom is 0.308 e. The molecule has 0 aliphatic heterocycles. The summed E-state index contributed by atoms with van der Waals surface area (Å²) in [6, 6.07) is 20.5. The van der Waals surface area contributed by atoms with Crippen LogP contribution in [-0.4, -0.2) is 25.8 Å². The number of benzene rings is 2. The van der Waals surface area contributed by atoms with Gasteiger partial charge in [-0.1, -0.05) is 88.4 Å². The minimum Gasteiger partial charge on any atom is -0.465 e. The topological polar surface area (TPSA) is 35.5 Å². The standard InChI is InChI=1S/C13H20O.C12H16O2/c1-12(2)8-10-14-11-9-13-6-4-3-5-7-13;1-10(2)12(13)14-9-8-11-6-4-3-5-7-11/h3-7,12H,8-11H2,1-2H3;3-7,10H,8-9H2,1-2H3. The number of esters is 1. The Bertz CT molecular complexity index is 621. The van der Waals surface area contributed by atoms with Gasteiger partial charge in [0, 0.05) is 13.0 Å². The maximum atomic E-state index is 11.1. The van der Waals surface area contributed by atoms with Crippen molar-refractivity contribution in [3.8, 4) is 0 Å². The van der Waals surface area contributed by atoms with Gasteiger partial charge in [0.1, 0.15) is 0 Å². The third kappa shape index (κ3) is 12.3. The summed E-state index contributed by atoms with van der Waals surface area (Å²) in [6.07, 6.45) is 2.98. The highest BCUT2D eigenvalue weighted by Gasteiger charge is 2.07. The Morgan fingerprint density at radius 1 is 0.750 bits per heavy atom. The number of hydrogen-bond donors (Lipinski definition) is 0. The van der Waals surface area contributed by atoms with Crippen LogP contribution >= 0.6 is 0 Å². The van der Waals surface area contributed by atoms with Crippen LogP contribution in [-0.2, 0) is 27.1 Å². The average molecular weight is 385 g/mol. The van der Waals surface area contributed by atoms with Gasteiger partial charge in [-0.3, -0.25) is 4.79 Å². The molecule has 2 rings (SSSR count). The predicted molar refractivity (Wildman–Crippen MR) is 116 cm³/mol. The van der Waals surface area contributed by atoms with Crippen molar-refractivity contribution in [3.63, 3.8) is 0 Å². The summed E-state index contributed by atoms with van der Waals surface area (Å²) < 4.78 is 10.6. The van der Waals surface area contributed by atoms with Crippen molar-refractivity contribution < 1.29 is 14.3 Å². The van der Waals surface area contributed by atoms with E-state index in [0.29, 0.717) is 6.61 Å². The second-order valence-electron chi connectivity index (χ2n) is 7.59. The van der Waals surface area contributed by atoms with E-state index in [1.807, 2.05) is 50.2 Å². The summed E-state index contributed by atoms with van der Waals surface area (Å²) in [5.74, 6) is 0.582. The smallest absolute Gasteiger partial charge is 0.308 e. The SMILES string of the molecule is CC(C)C(=O)OCCc1ccccc1.CC(C)CCOCCc1ccccc1. The Kier molecular flexibility index (Phi) is 12.7. The molecule has 0 saturated carbocycles. The molecule has 0 atom stereocenters. The van der Waals surface area contributed by atoms with Gasteiger partial charge >= 0.3 is 5.97 Å². The lowest BCUT2D eigenvalue weighted by Gasteiger charge is -2.06. The quantitative estimate of drug-likeness (QED) is 0.388. The molecule has 154 valence electrons. The number of hydrogen-bond acceptors (Lipinski definition) is 3. The summed E-state index contributed by atoms with van der Waals surface area (Å²) in [7, 11) is 0. The van der Waals surface area contributed by atoms with E-state index in [9.17, 15) is 4.79 Å². The zero-order valence-corrected chi connectivity index (χ0v) is 17.9. The fraction of sp³-hybridized carbons (Fsp3) is 0.480. The predicted octanol–water partition coefficient (Wildman–Crippen LogP) is 5.72. The molecule has 0 aromatic heterocycles. The molecular weight excluding hydrogens is 348 g/mol. The van der Waals surface area contributed by atoms with Crippen molar-refractivity contribution in [2.24, 2.45) is 11.8 Å². The van der Waals surface area contributed by atoms with E-state index in [-0.39, 0.29) is 11.9 Å². The summed E-state index contributed by atoms with van der Waals surface area (Å²) in [5.41, 5.74) is 2.56. The molecule has 0 amide bonds. The van der Waals surface area contributed by atoms with Crippen LogP contribution < -0.4 is 0 Å². The normalized spacial score (nSPS) is 10.5. The van der Waals surface area contributed by atoms with E-state index in [4.69, 9.17) is 9.47 Å². The van der Waals surface area contributed by atoms with Crippen LogP contribution in [0.2, 0.25) is 0 Å². The van der Waals surface area contributed by atoms with Crippen LogP contribution in [0.5, 0.6) is 0 Å². The first-order valence-electron chi connectivity index (χ1n) is 10.3. The van der Waals surface area contributed by atoms with Gasteiger partial charge < -0.3 is 9.47 Å². The molecule has 0 spiro atoms. The minimum absolute atomic E-state index is 0.0363. The molecule has 0 radical (unpaired) electrons. The number of ether oxygens (including phenoxy) is 2. The summed E-state index contributed by atoms with van der Waals surface area (Å²) in [5, 5.41) is 0. The molecule has 28 heavy (non-hydrogen) atoms. The van der Waals surface area contributed by atoms with Crippen molar-refractivity contribution in [2.45, 2.75) is 47.0 Å². The van der Waals surface area contributed by atoms with Crippen LogP contribution in [0.25, 0.3) is 0 Å². The summed E-state index contributed by atoms with van der Waals surface area (Å²) in [6.45, 7) is 10.3. The first kappa shape index (κ1) is 23.9. The Morgan fingerprint density at radius 3 is 1.71 bits per heavy atom. The molecule has 0 saturated heterocycles. The second-order valence-corrected chi connectivity index (χ2v) is 7.59. The monoisotopic (exact) mass is 384 g/mol. The zero-order valence-electron chi connectivity index (χ0n) is 17.9.